The molecule has 0 unspecified atom stereocenters. The Kier molecular flexibility index (Phi) is 4.30. The lowest BCUT2D eigenvalue weighted by molar-refractivity contribution is 0.491. The topological polar surface area (TPSA) is 89.8 Å². The molecule has 3 rings (SSSR count). The number of anilines is 1. The van der Waals surface area contributed by atoms with E-state index < -0.39 is 15.3 Å². The third-order valence-corrected chi connectivity index (χ3v) is 6.31. The van der Waals surface area contributed by atoms with E-state index >= 15 is 0 Å². The van der Waals surface area contributed by atoms with Gasteiger partial charge in [-0.25, -0.2) is 8.42 Å². The summed E-state index contributed by atoms with van der Waals surface area (Å²) in [5.41, 5.74) is 1.00. The normalized spacial score (nSPS) is 22.4. The van der Waals surface area contributed by atoms with E-state index in [0.29, 0.717) is 17.8 Å². The summed E-state index contributed by atoms with van der Waals surface area (Å²) in [5, 5.41) is 10.0. The van der Waals surface area contributed by atoms with Crippen molar-refractivity contribution in [3.63, 3.8) is 0 Å². The number of sulfonamides is 1. The van der Waals surface area contributed by atoms with Gasteiger partial charge in [-0.1, -0.05) is 25.0 Å². The molecular formula is C13H16ClN5O2S. The molecule has 118 valence electrons. The van der Waals surface area contributed by atoms with Crippen LogP contribution in [0.5, 0.6) is 0 Å². The van der Waals surface area contributed by atoms with Crippen molar-refractivity contribution >= 4 is 27.3 Å². The predicted molar refractivity (Wildman–Crippen MR) is 83.6 cm³/mol. The minimum atomic E-state index is -3.56. The number of alkyl halides is 1. The summed E-state index contributed by atoms with van der Waals surface area (Å²) in [4.78, 5) is 0. The second-order valence-electron chi connectivity index (χ2n) is 5.26. The molecule has 2 aromatic rings. The maximum absolute atomic E-state index is 12.6. The van der Waals surface area contributed by atoms with Gasteiger partial charge >= 0.3 is 0 Å². The van der Waals surface area contributed by atoms with Crippen LogP contribution in [0.1, 0.15) is 25.7 Å². The van der Waals surface area contributed by atoms with E-state index in [0.717, 1.165) is 19.3 Å². The summed E-state index contributed by atoms with van der Waals surface area (Å²) in [6.07, 6.45) is 4.57. The summed E-state index contributed by atoms with van der Waals surface area (Å²) in [6, 6.07) is 6.97. The van der Waals surface area contributed by atoms with Crippen LogP contribution in [0.3, 0.4) is 0 Å². The number of benzene rings is 1. The zero-order chi connectivity index (χ0) is 15.6. The number of tetrazole rings is 1. The lowest BCUT2D eigenvalue weighted by Crippen LogP contribution is -2.37. The molecule has 0 spiro atoms. The fourth-order valence-electron chi connectivity index (χ4n) is 2.66. The molecule has 0 amide bonds. The standard InChI is InChI=1S/C13H16ClN5O2S/c14-10-5-1-4-8-13(10)22(20,21)16-11-6-2-3-7-12(11)19-9-15-17-18-19/h2-3,6-7,9-10,13,16H,1,4-5,8H2/t10-,13+/m0/s1. The van der Waals surface area contributed by atoms with Crippen molar-refractivity contribution in [2.24, 2.45) is 0 Å². The average Bonchev–Trinajstić information content (AvgIpc) is 3.02. The fraction of sp³-hybridized carbons (Fsp3) is 0.462. The van der Waals surface area contributed by atoms with E-state index in [4.69, 9.17) is 11.6 Å². The number of rotatable bonds is 4. The molecule has 7 nitrogen and oxygen atoms in total. The molecule has 0 saturated heterocycles. The summed E-state index contributed by atoms with van der Waals surface area (Å²) < 4.78 is 29.3. The van der Waals surface area contributed by atoms with Crippen LogP contribution in [0.15, 0.2) is 30.6 Å². The highest BCUT2D eigenvalue weighted by atomic mass is 35.5. The van der Waals surface area contributed by atoms with Gasteiger partial charge in [0.25, 0.3) is 0 Å². The number of hydrogen-bond acceptors (Lipinski definition) is 5. The van der Waals surface area contributed by atoms with Crippen molar-refractivity contribution in [3.05, 3.63) is 30.6 Å². The molecular weight excluding hydrogens is 326 g/mol. The largest absolute Gasteiger partial charge is 0.281 e. The molecule has 1 aromatic carbocycles. The fourth-order valence-corrected chi connectivity index (χ4v) is 4.98. The smallest absolute Gasteiger partial charge is 0.237 e. The van der Waals surface area contributed by atoms with Gasteiger partial charge in [0.2, 0.25) is 10.0 Å². The monoisotopic (exact) mass is 341 g/mol. The van der Waals surface area contributed by atoms with Crippen molar-refractivity contribution in [1.82, 2.24) is 20.2 Å². The van der Waals surface area contributed by atoms with Gasteiger partial charge in [0.15, 0.2) is 0 Å². The Morgan fingerprint density at radius 1 is 1.23 bits per heavy atom. The van der Waals surface area contributed by atoms with Gasteiger partial charge in [-0.2, -0.15) is 4.68 Å². The zero-order valence-corrected chi connectivity index (χ0v) is 13.3. The molecule has 1 heterocycles. The van der Waals surface area contributed by atoms with E-state index in [-0.39, 0.29) is 5.38 Å². The predicted octanol–water partition coefficient (Wildman–Crippen LogP) is 1.95. The SMILES string of the molecule is O=S(=O)(Nc1ccccc1-n1cnnn1)[C@@H]1CCCC[C@@H]1Cl. The van der Waals surface area contributed by atoms with Crippen LogP contribution in [-0.4, -0.2) is 39.3 Å². The van der Waals surface area contributed by atoms with Gasteiger partial charge < -0.3 is 0 Å². The van der Waals surface area contributed by atoms with Crippen LogP contribution in [0.4, 0.5) is 5.69 Å². The summed E-state index contributed by atoms with van der Waals surface area (Å²) in [6.45, 7) is 0. The molecule has 9 heteroatoms. The lowest BCUT2D eigenvalue weighted by Gasteiger charge is -2.27. The Bertz CT molecular complexity index is 735. The van der Waals surface area contributed by atoms with Crippen molar-refractivity contribution in [2.75, 3.05) is 4.72 Å². The van der Waals surface area contributed by atoms with E-state index in [2.05, 4.69) is 20.2 Å². The minimum absolute atomic E-state index is 0.355. The highest BCUT2D eigenvalue weighted by Crippen LogP contribution is 2.30. The van der Waals surface area contributed by atoms with Crippen LogP contribution in [0.25, 0.3) is 5.69 Å². The molecule has 1 aliphatic rings. The van der Waals surface area contributed by atoms with Gasteiger partial charge in [0.05, 0.1) is 22.0 Å². The Morgan fingerprint density at radius 2 is 2.00 bits per heavy atom. The minimum Gasteiger partial charge on any atom is -0.281 e. The molecule has 1 aromatic heterocycles. The van der Waals surface area contributed by atoms with E-state index in [1.54, 1.807) is 24.3 Å². The van der Waals surface area contributed by atoms with E-state index in [1.165, 1.54) is 11.0 Å². The van der Waals surface area contributed by atoms with Crippen LogP contribution >= 0.6 is 11.6 Å². The molecule has 1 aliphatic carbocycles. The van der Waals surface area contributed by atoms with Crippen molar-refractivity contribution < 1.29 is 8.42 Å². The first-order valence-electron chi connectivity index (χ1n) is 7.06. The number of hydrogen-bond donors (Lipinski definition) is 1. The van der Waals surface area contributed by atoms with Gasteiger partial charge in [-0.15, -0.1) is 16.7 Å². The first kappa shape index (κ1) is 15.2. The van der Waals surface area contributed by atoms with Gasteiger partial charge in [-0.3, -0.25) is 4.72 Å². The first-order valence-corrected chi connectivity index (χ1v) is 9.04. The second-order valence-corrected chi connectivity index (χ2v) is 7.72. The first-order chi connectivity index (χ1) is 10.6. The van der Waals surface area contributed by atoms with Crippen LogP contribution < -0.4 is 4.72 Å². The van der Waals surface area contributed by atoms with Gasteiger partial charge in [0, 0.05) is 0 Å². The van der Waals surface area contributed by atoms with Crippen molar-refractivity contribution in [3.8, 4) is 5.69 Å². The number of aromatic nitrogens is 4. The molecule has 22 heavy (non-hydrogen) atoms. The molecule has 0 bridgehead atoms. The molecule has 1 saturated carbocycles. The number of nitrogens with one attached hydrogen (secondary N) is 1. The van der Waals surface area contributed by atoms with Gasteiger partial charge in [0.1, 0.15) is 6.33 Å². The maximum Gasteiger partial charge on any atom is 0.237 e. The van der Waals surface area contributed by atoms with Crippen LogP contribution in [-0.2, 0) is 10.0 Å². The molecule has 1 fully saturated rings. The van der Waals surface area contributed by atoms with Crippen molar-refractivity contribution in [2.45, 2.75) is 36.3 Å². The summed E-state index contributed by atoms with van der Waals surface area (Å²) in [7, 11) is -3.56. The Hall–Kier alpha value is -1.67. The van der Waals surface area contributed by atoms with Crippen LogP contribution in [0, 0.1) is 0 Å². The molecule has 1 N–H and O–H groups in total. The summed E-state index contributed by atoms with van der Waals surface area (Å²) in [5.74, 6) is 0. The summed E-state index contributed by atoms with van der Waals surface area (Å²) >= 11 is 6.22. The number of nitrogens with zero attached hydrogens (tertiary/aromatic N) is 4. The Balaban J connectivity index is 1.90. The number of para-hydroxylation sites is 2. The molecule has 2 atom stereocenters. The van der Waals surface area contributed by atoms with Crippen LogP contribution in [0.2, 0.25) is 0 Å². The van der Waals surface area contributed by atoms with E-state index in [9.17, 15) is 8.42 Å². The van der Waals surface area contributed by atoms with Gasteiger partial charge in [-0.05, 0) is 35.4 Å². The average molecular weight is 342 g/mol. The highest BCUT2D eigenvalue weighted by Gasteiger charge is 2.34. The molecule has 0 radical (unpaired) electrons. The Morgan fingerprint density at radius 3 is 2.73 bits per heavy atom. The maximum atomic E-state index is 12.6. The molecule has 0 aliphatic heterocycles. The Labute approximate surface area is 133 Å². The van der Waals surface area contributed by atoms with E-state index in [1.807, 2.05) is 0 Å². The third-order valence-electron chi connectivity index (χ3n) is 3.77. The van der Waals surface area contributed by atoms with Crippen molar-refractivity contribution in [1.29, 1.82) is 0 Å². The second kappa shape index (κ2) is 6.21. The number of halogens is 1. The lowest BCUT2D eigenvalue weighted by atomic mass is 10.00. The third kappa shape index (κ3) is 3.07. The highest BCUT2D eigenvalue weighted by molar-refractivity contribution is 7.93. The quantitative estimate of drug-likeness (QED) is 0.858. The zero-order valence-electron chi connectivity index (χ0n) is 11.8.